The molecule has 0 spiro atoms. The highest BCUT2D eigenvalue weighted by molar-refractivity contribution is 6.30. The van der Waals surface area contributed by atoms with E-state index < -0.39 is 0 Å². The van der Waals surface area contributed by atoms with Crippen LogP contribution in [-0.2, 0) is 16.1 Å². The number of halogens is 1. The van der Waals surface area contributed by atoms with Crippen LogP contribution in [0.1, 0.15) is 31.9 Å². The van der Waals surface area contributed by atoms with Crippen molar-refractivity contribution >= 4 is 34.4 Å². The average molecular weight is 555 g/mol. The number of piperazine rings is 1. The first-order valence-electron chi connectivity index (χ1n) is 13.6. The van der Waals surface area contributed by atoms with Crippen LogP contribution in [0.15, 0.2) is 46.9 Å². The Bertz CT molecular complexity index is 1250. The van der Waals surface area contributed by atoms with Gasteiger partial charge in [0.25, 0.3) is 0 Å². The molecule has 0 atom stereocenters. The molecule has 9 heteroatoms. The molecule has 0 aliphatic carbocycles. The third-order valence-electron chi connectivity index (χ3n) is 7.08. The van der Waals surface area contributed by atoms with Crippen molar-refractivity contribution in [3.05, 3.63) is 53.2 Å². The van der Waals surface area contributed by atoms with Gasteiger partial charge in [-0.15, -0.1) is 0 Å². The van der Waals surface area contributed by atoms with Crippen LogP contribution in [0.2, 0.25) is 5.02 Å². The van der Waals surface area contributed by atoms with Crippen LogP contribution in [-0.4, -0.2) is 86.5 Å². The van der Waals surface area contributed by atoms with Crippen LogP contribution >= 0.6 is 11.6 Å². The van der Waals surface area contributed by atoms with E-state index in [1.54, 1.807) is 4.90 Å². The Morgan fingerprint density at radius 1 is 1.00 bits per heavy atom. The molecule has 0 saturated carbocycles. The number of carbonyl (C=O) groups is 2. The molecule has 8 nitrogen and oxygen atoms in total. The zero-order valence-electron chi connectivity index (χ0n) is 23.2. The Hall–Kier alpha value is -3.07. The van der Waals surface area contributed by atoms with Crippen molar-refractivity contribution in [2.75, 3.05) is 60.0 Å². The van der Waals surface area contributed by atoms with Crippen molar-refractivity contribution in [2.45, 2.75) is 32.7 Å². The molecule has 1 N–H and O–H groups in total. The van der Waals surface area contributed by atoms with Gasteiger partial charge < -0.3 is 24.3 Å². The van der Waals surface area contributed by atoms with E-state index in [-0.39, 0.29) is 11.8 Å². The summed E-state index contributed by atoms with van der Waals surface area (Å²) in [5, 5.41) is 4.48. The highest BCUT2D eigenvalue weighted by Gasteiger charge is 2.19. The molecule has 39 heavy (non-hydrogen) atoms. The van der Waals surface area contributed by atoms with Gasteiger partial charge in [-0.1, -0.05) is 23.7 Å². The molecule has 1 aliphatic heterocycles. The summed E-state index contributed by atoms with van der Waals surface area (Å²) in [6.07, 6.45) is 3.22. The summed E-state index contributed by atoms with van der Waals surface area (Å²) in [7, 11) is 3.62. The van der Waals surface area contributed by atoms with Gasteiger partial charge in [0.1, 0.15) is 17.1 Å². The lowest BCUT2D eigenvalue weighted by Crippen LogP contribution is -2.49. The molecule has 1 saturated heterocycles. The lowest BCUT2D eigenvalue weighted by Gasteiger charge is -2.34. The lowest BCUT2D eigenvalue weighted by atomic mass is 10.0. The number of likely N-dealkylation sites (N-methyl/N-ethyl adjacent to an activating group) is 1. The maximum atomic E-state index is 11.9. The maximum Gasteiger partial charge on any atom is 0.236 e. The van der Waals surface area contributed by atoms with Crippen LogP contribution in [0.4, 0.5) is 0 Å². The fourth-order valence-electron chi connectivity index (χ4n) is 4.79. The fraction of sp³-hybridized carbons (Fsp3) is 0.467. The summed E-state index contributed by atoms with van der Waals surface area (Å²) < 4.78 is 12.2. The zero-order valence-corrected chi connectivity index (χ0v) is 23.9. The number of carbonyl (C=O) groups excluding carboxylic acids is 2. The Kier molecular flexibility index (Phi) is 10.3. The maximum absolute atomic E-state index is 11.9. The number of furan rings is 1. The second-order valence-electron chi connectivity index (χ2n) is 10.3. The minimum atomic E-state index is -0.111. The molecule has 2 heterocycles. The molecule has 3 aromatic rings. The zero-order chi connectivity index (χ0) is 27.8. The van der Waals surface area contributed by atoms with E-state index in [2.05, 4.69) is 15.1 Å². The van der Waals surface area contributed by atoms with Gasteiger partial charge in [0.15, 0.2) is 0 Å². The van der Waals surface area contributed by atoms with E-state index in [0.717, 1.165) is 79.8 Å². The molecular formula is C30H39ClN4O4. The Morgan fingerprint density at radius 2 is 1.72 bits per heavy atom. The number of unbranched alkanes of at least 4 members (excludes halogenated alkanes) is 2. The first kappa shape index (κ1) is 28.9. The molecule has 1 aliphatic rings. The normalized spacial score (nSPS) is 14.5. The van der Waals surface area contributed by atoms with Gasteiger partial charge in [-0.2, -0.15) is 0 Å². The highest BCUT2D eigenvalue weighted by Crippen LogP contribution is 2.37. The van der Waals surface area contributed by atoms with Crippen molar-refractivity contribution in [1.29, 1.82) is 0 Å². The molecule has 2 aromatic carbocycles. The lowest BCUT2D eigenvalue weighted by molar-refractivity contribution is -0.130. The molecule has 2 amide bonds. The van der Waals surface area contributed by atoms with Gasteiger partial charge in [0.2, 0.25) is 11.8 Å². The SMILES string of the molecule is CC(=O)NCc1oc2cc(OCCCCCN3CCN(CC(=O)N(C)C)CC3)ccc2c1-c1ccc(Cl)cc1. The number of hydrogen-bond acceptors (Lipinski definition) is 6. The molecule has 0 radical (unpaired) electrons. The second-order valence-corrected chi connectivity index (χ2v) is 10.7. The number of nitrogens with zero attached hydrogens (tertiary/aromatic N) is 3. The van der Waals surface area contributed by atoms with Crippen LogP contribution in [0.3, 0.4) is 0 Å². The first-order valence-corrected chi connectivity index (χ1v) is 14.0. The highest BCUT2D eigenvalue weighted by atomic mass is 35.5. The van der Waals surface area contributed by atoms with E-state index in [1.165, 1.54) is 6.92 Å². The van der Waals surface area contributed by atoms with E-state index in [9.17, 15) is 9.59 Å². The van der Waals surface area contributed by atoms with E-state index >= 15 is 0 Å². The minimum absolute atomic E-state index is 0.111. The Balaban J connectivity index is 1.24. The summed E-state index contributed by atoms with van der Waals surface area (Å²) in [6, 6.07) is 13.5. The molecule has 1 aromatic heterocycles. The van der Waals surface area contributed by atoms with Gasteiger partial charge >= 0.3 is 0 Å². The Morgan fingerprint density at radius 3 is 2.41 bits per heavy atom. The second kappa shape index (κ2) is 13.8. The number of rotatable bonds is 12. The molecular weight excluding hydrogens is 516 g/mol. The van der Waals surface area contributed by atoms with Gasteiger partial charge in [-0.25, -0.2) is 0 Å². The van der Waals surface area contributed by atoms with Crippen molar-refractivity contribution in [3.8, 4) is 16.9 Å². The number of ether oxygens (including phenoxy) is 1. The number of hydrogen-bond donors (Lipinski definition) is 1. The van der Waals surface area contributed by atoms with Crippen LogP contribution in [0.25, 0.3) is 22.1 Å². The summed E-state index contributed by atoms with van der Waals surface area (Å²) in [5.74, 6) is 1.53. The van der Waals surface area contributed by atoms with E-state index in [1.807, 2.05) is 56.6 Å². The number of amides is 2. The van der Waals surface area contributed by atoms with Gasteiger partial charge in [0.05, 0.1) is 19.7 Å². The van der Waals surface area contributed by atoms with Crippen molar-refractivity contribution in [2.24, 2.45) is 0 Å². The van der Waals surface area contributed by atoms with Gasteiger partial charge in [-0.3, -0.25) is 14.5 Å². The first-order chi connectivity index (χ1) is 18.8. The Labute approximate surface area is 235 Å². The number of fused-ring (bicyclic) bond motifs is 1. The quantitative estimate of drug-likeness (QED) is 0.329. The van der Waals surface area contributed by atoms with E-state index in [4.69, 9.17) is 20.8 Å². The van der Waals surface area contributed by atoms with Crippen LogP contribution < -0.4 is 10.1 Å². The van der Waals surface area contributed by atoms with Gasteiger partial charge in [-0.05, 0) is 55.6 Å². The van der Waals surface area contributed by atoms with Crippen molar-refractivity contribution < 1.29 is 18.7 Å². The molecule has 1 fully saturated rings. The monoisotopic (exact) mass is 554 g/mol. The van der Waals surface area contributed by atoms with Crippen LogP contribution in [0, 0.1) is 0 Å². The van der Waals surface area contributed by atoms with E-state index in [0.29, 0.717) is 30.5 Å². The summed E-state index contributed by atoms with van der Waals surface area (Å²) in [4.78, 5) is 29.8. The average Bonchev–Trinajstić information content (AvgIpc) is 3.28. The van der Waals surface area contributed by atoms with Crippen molar-refractivity contribution in [3.63, 3.8) is 0 Å². The molecule has 0 unspecified atom stereocenters. The third-order valence-corrected chi connectivity index (χ3v) is 7.33. The fourth-order valence-corrected chi connectivity index (χ4v) is 4.91. The number of benzene rings is 2. The summed E-state index contributed by atoms with van der Waals surface area (Å²) in [6.45, 7) is 7.97. The largest absolute Gasteiger partial charge is 0.493 e. The molecule has 210 valence electrons. The topological polar surface area (TPSA) is 78.3 Å². The third kappa shape index (κ3) is 8.21. The molecule has 0 bridgehead atoms. The molecule has 4 rings (SSSR count). The minimum Gasteiger partial charge on any atom is -0.493 e. The summed E-state index contributed by atoms with van der Waals surface area (Å²) in [5.41, 5.74) is 2.66. The van der Waals surface area contributed by atoms with Crippen molar-refractivity contribution in [1.82, 2.24) is 20.0 Å². The van der Waals surface area contributed by atoms with Crippen LogP contribution in [0.5, 0.6) is 5.75 Å². The predicted molar refractivity (Wildman–Crippen MR) is 155 cm³/mol. The number of nitrogens with one attached hydrogen (secondary N) is 1. The standard InChI is InChI=1S/C30H39ClN4O4/c1-22(36)32-20-28-30(23-7-9-24(31)10-8-23)26-12-11-25(19-27(26)39-28)38-18-6-4-5-13-34-14-16-35(17-15-34)21-29(37)33(2)3/h7-12,19H,4-6,13-18,20-21H2,1-3H3,(H,32,36). The summed E-state index contributed by atoms with van der Waals surface area (Å²) >= 11 is 6.09. The van der Waals surface area contributed by atoms with Gasteiger partial charge in [0, 0.05) is 69.2 Å². The smallest absolute Gasteiger partial charge is 0.236 e. The predicted octanol–water partition coefficient (Wildman–Crippen LogP) is 4.64.